The Labute approximate surface area is 131 Å². The molecule has 1 aliphatic rings. The third-order valence-corrected chi connectivity index (χ3v) is 5.65. The van der Waals surface area contributed by atoms with Crippen molar-refractivity contribution >= 4 is 33.6 Å². The van der Waals surface area contributed by atoms with Crippen LogP contribution >= 0.6 is 22.7 Å². The van der Waals surface area contributed by atoms with E-state index < -0.39 is 0 Å². The molecular formula is C15H15N3OS2. The number of aryl methyl sites for hydroxylation is 1. The van der Waals surface area contributed by atoms with E-state index in [0.717, 1.165) is 29.8 Å². The molecule has 1 atom stereocenters. The Hall–Kier alpha value is -1.71. The molecule has 1 aliphatic carbocycles. The fourth-order valence-corrected chi connectivity index (χ4v) is 4.54. The summed E-state index contributed by atoms with van der Waals surface area (Å²) in [5.74, 6) is 0.412. The van der Waals surface area contributed by atoms with Crippen LogP contribution in [-0.4, -0.2) is 10.9 Å². The van der Waals surface area contributed by atoms with Crippen molar-refractivity contribution in [3.8, 4) is 6.07 Å². The van der Waals surface area contributed by atoms with Gasteiger partial charge in [-0.3, -0.25) is 4.79 Å². The van der Waals surface area contributed by atoms with Crippen LogP contribution in [0.5, 0.6) is 0 Å². The van der Waals surface area contributed by atoms with Crippen molar-refractivity contribution in [2.24, 2.45) is 5.92 Å². The first kappa shape index (κ1) is 14.2. The minimum atomic E-state index is -0.234. The summed E-state index contributed by atoms with van der Waals surface area (Å²) in [4.78, 5) is 17.6. The standard InChI is InChI=1S/C15H15N3OS2/c1-8-3-4-10-11(6-16)15(21-13(10)5-8)18-14(19)12-7-20-9(2)17-12/h7-8H,3-5H2,1-2H3,(H,18,19). The Bertz CT molecular complexity index is 739. The summed E-state index contributed by atoms with van der Waals surface area (Å²) in [5.41, 5.74) is 2.19. The van der Waals surface area contributed by atoms with Gasteiger partial charge < -0.3 is 5.32 Å². The number of fused-ring (bicyclic) bond motifs is 1. The number of nitrogens with zero attached hydrogens (tertiary/aromatic N) is 2. The topological polar surface area (TPSA) is 65.8 Å². The molecule has 0 bridgehead atoms. The minimum absolute atomic E-state index is 0.234. The SMILES string of the molecule is Cc1nc(C(=O)Nc2sc3c(c2C#N)CCC(C)C3)cs1. The third-order valence-electron chi connectivity index (χ3n) is 3.70. The summed E-state index contributed by atoms with van der Waals surface area (Å²) >= 11 is 2.99. The molecule has 0 fully saturated rings. The Kier molecular flexibility index (Phi) is 3.79. The summed E-state index contributed by atoms with van der Waals surface area (Å²) in [6, 6.07) is 2.26. The lowest BCUT2D eigenvalue weighted by molar-refractivity contribution is 0.102. The van der Waals surface area contributed by atoms with Gasteiger partial charge in [-0.05, 0) is 37.7 Å². The Morgan fingerprint density at radius 2 is 2.38 bits per heavy atom. The van der Waals surface area contributed by atoms with E-state index in [1.54, 1.807) is 16.7 Å². The molecule has 1 amide bonds. The fourth-order valence-electron chi connectivity index (χ4n) is 2.59. The lowest BCUT2D eigenvalue weighted by Gasteiger charge is -2.17. The van der Waals surface area contributed by atoms with Crippen LogP contribution < -0.4 is 5.32 Å². The van der Waals surface area contributed by atoms with Gasteiger partial charge in [0.1, 0.15) is 16.8 Å². The molecule has 0 saturated heterocycles. The number of anilines is 1. The number of thiazole rings is 1. The van der Waals surface area contributed by atoms with Crippen LogP contribution in [0.25, 0.3) is 0 Å². The van der Waals surface area contributed by atoms with Gasteiger partial charge in [0.2, 0.25) is 0 Å². The van der Waals surface area contributed by atoms with Crippen molar-refractivity contribution in [3.63, 3.8) is 0 Å². The number of hydrogen-bond donors (Lipinski definition) is 1. The third kappa shape index (κ3) is 2.71. The maximum absolute atomic E-state index is 12.2. The fraction of sp³-hybridized carbons (Fsp3) is 0.400. The summed E-state index contributed by atoms with van der Waals surface area (Å²) in [5, 5.41) is 15.5. The van der Waals surface area contributed by atoms with Gasteiger partial charge in [0.05, 0.1) is 10.6 Å². The van der Waals surface area contributed by atoms with E-state index in [0.29, 0.717) is 22.2 Å². The molecular weight excluding hydrogens is 302 g/mol. The second-order valence-corrected chi connectivity index (χ2v) is 7.54. The van der Waals surface area contributed by atoms with Crippen LogP contribution in [0.1, 0.15) is 44.8 Å². The lowest BCUT2D eigenvalue weighted by Crippen LogP contribution is -2.12. The molecule has 108 valence electrons. The van der Waals surface area contributed by atoms with E-state index in [9.17, 15) is 10.1 Å². The number of rotatable bonds is 2. The highest BCUT2D eigenvalue weighted by atomic mass is 32.1. The zero-order valence-electron chi connectivity index (χ0n) is 11.9. The lowest BCUT2D eigenvalue weighted by atomic mass is 9.89. The van der Waals surface area contributed by atoms with Crippen LogP contribution in [0.3, 0.4) is 0 Å². The van der Waals surface area contributed by atoms with Crippen LogP contribution in [-0.2, 0) is 12.8 Å². The number of amides is 1. The van der Waals surface area contributed by atoms with Gasteiger partial charge in [-0.2, -0.15) is 5.26 Å². The van der Waals surface area contributed by atoms with E-state index in [1.807, 2.05) is 6.92 Å². The molecule has 4 nitrogen and oxygen atoms in total. The maximum atomic E-state index is 12.2. The highest BCUT2D eigenvalue weighted by Crippen LogP contribution is 2.39. The molecule has 1 N–H and O–H groups in total. The molecule has 21 heavy (non-hydrogen) atoms. The first-order chi connectivity index (χ1) is 10.1. The second-order valence-electron chi connectivity index (χ2n) is 5.37. The van der Waals surface area contributed by atoms with Crippen LogP contribution in [0, 0.1) is 24.2 Å². The molecule has 2 aromatic heterocycles. The van der Waals surface area contributed by atoms with Gasteiger partial charge in [-0.25, -0.2) is 4.98 Å². The van der Waals surface area contributed by atoms with Gasteiger partial charge in [0, 0.05) is 10.3 Å². The first-order valence-corrected chi connectivity index (χ1v) is 8.56. The van der Waals surface area contributed by atoms with Crippen molar-refractivity contribution in [3.05, 3.63) is 32.1 Å². The number of thiophene rings is 1. The number of nitriles is 1. The van der Waals surface area contributed by atoms with Crippen molar-refractivity contribution in [2.45, 2.75) is 33.1 Å². The Morgan fingerprint density at radius 1 is 1.57 bits per heavy atom. The molecule has 2 aromatic rings. The van der Waals surface area contributed by atoms with Gasteiger partial charge >= 0.3 is 0 Å². The maximum Gasteiger partial charge on any atom is 0.275 e. The van der Waals surface area contributed by atoms with Crippen LogP contribution in [0.2, 0.25) is 0 Å². The number of nitrogens with one attached hydrogen (secondary N) is 1. The normalized spacial score (nSPS) is 17.1. The van der Waals surface area contributed by atoms with E-state index in [4.69, 9.17) is 0 Å². The zero-order chi connectivity index (χ0) is 15.0. The summed E-state index contributed by atoms with van der Waals surface area (Å²) < 4.78 is 0. The number of hydrogen-bond acceptors (Lipinski definition) is 5. The van der Waals surface area contributed by atoms with E-state index in [2.05, 4.69) is 23.3 Å². The quantitative estimate of drug-likeness (QED) is 0.917. The molecule has 0 spiro atoms. The molecule has 3 rings (SSSR count). The van der Waals surface area contributed by atoms with Gasteiger partial charge in [-0.15, -0.1) is 22.7 Å². The largest absolute Gasteiger partial charge is 0.311 e. The summed E-state index contributed by atoms with van der Waals surface area (Å²) in [7, 11) is 0. The van der Waals surface area contributed by atoms with Gasteiger partial charge in [-0.1, -0.05) is 6.92 Å². The van der Waals surface area contributed by atoms with Crippen LogP contribution in [0.4, 0.5) is 5.00 Å². The molecule has 0 radical (unpaired) electrons. The van der Waals surface area contributed by atoms with E-state index in [-0.39, 0.29) is 5.91 Å². The predicted octanol–water partition coefficient (Wildman–Crippen LogP) is 3.76. The molecule has 0 saturated carbocycles. The molecule has 6 heteroatoms. The summed E-state index contributed by atoms with van der Waals surface area (Å²) in [6.07, 6.45) is 3.04. The van der Waals surface area contributed by atoms with Gasteiger partial charge in [0.15, 0.2) is 0 Å². The molecule has 0 aliphatic heterocycles. The number of carbonyl (C=O) groups excluding carboxylic acids is 1. The average molecular weight is 317 g/mol. The average Bonchev–Trinajstić information content (AvgIpc) is 3.01. The monoisotopic (exact) mass is 317 g/mol. The van der Waals surface area contributed by atoms with E-state index >= 15 is 0 Å². The molecule has 1 unspecified atom stereocenters. The first-order valence-electron chi connectivity index (χ1n) is 6.86. The number of aromatic nitrogens is 1. The van der Waals surface area contributed by atoms with Crippen molar-refractivity contribution in [1.82, 2.24) is 4.98 Å². The summed E-state index contributed by atoms with van der Waals surface area (Å²) in [6.45, 7) is 4.10. The smallest absolute Gasteiger partial charge is 0.275 e. The van der Waals surface area contributed by atoms with Crippen molar-refractivity contribution in [1.29, 1.82) is 5.26 Å². The highest BCUT2D eigenvalue weighted by molar-refractivity contribution is 7.16. The minimum Gasteiger partial charge on any atom is -0.311 e. The number of carbonyl (C=O) groups is 1. The van der Waals surface area contributed by atoms with Crippen molar-refractivity contribution < 1.29 is 4.79 Å². The zero-order valence-corrected chi connectivity index (χ0v) is 13.5. The van der Waals surface area contributed by atoms with Crippen LogP contribution in [0.15, 0.2) is 5.38 Å². The van der Waals surface area contributed by atoms with E-state index in [1.165, 1.54) is 16.2 Å². The molecule has 2 heterocycles. The molecule has 0 aromatic carbocycles. The Balaban J connectivity index is 1.89. The van der Waals surface area contributed by atoms with Gasteiger partial charge in [0.25, 0.3) is 5.91 Å². The highest BCUT2D eigenvalue weighted by Gasteiger charge is 2.25. The predicted molar refractivity (Wildman–Crippen MR) is 85.0 cm³/mol. The van der Waals surface area contributed by atoms with Crippen molar-refractivity contribution in [2.75, 3.05) is 5.32 Å². The Morgan fingerprint density at radius 3 is 3.05 bits per heavy atom. The second kappa shape index (κ2) is 5.58.